The van der Waals surface area contributed by atoms with E-state index in [-0.39, 0.29) is 5.69 Å². The zero-order chi connectivity index (χ0) is 16.9. The second kappa shape index (κ2) is 7.87. The maximum Gasteiger partial charge on any atom is 0.269 e. The lowest BCUT2D eigenvalue weighted by Crippen LogP contribution is -2.52. The number of hydrogen-bond acceptors (Lipinski definition) is 7. The molecule has 0 radical (unpaired) electrons. The molecule has 1 aromatic heterocycles. The minimum absolute atomic E-state index is 0.201. The number of carbonyl (C=O) groups is 1. The van der Waals surface area contributed by atoms with Crippen LogP contribution in [0.3, 0.4) is 0 Å². The summed E-state index contributed by atoms with van der Waals surface area (Å²) in [5, 5.41) is 7.99. The Balaban J connectivity index is 1.47. The molecular weight excluding hydrogens is 308 g/mol. The molecule has 0 spiro atoms. The van der Waals surface area contributed by atoms with Crippen LogP contribution in [0.2, 0.25) is 0 Å². The molecule has 132 valence electrons. The van der Waals surface area contributed by atoms with Gasteiger partial charge in [0.1, 0.15) is 0 Å². The topological polar surface area (TPSA) is 87.8 Å². The largest absolute Gasteiger partial charge is 0.374 e. The van der Waals surface area contributed by atoms with Gasteiger partial charge in [-0.3, -0.25) is 14.6 Å². The molecule has 1 amide bonds. The number of piperazine rings is 1. The van der Waals surface area contributed by atoms with Crippen LogP contribution in [0.5, 0.6) is 0 Å². The zero-order valence-electron chi connectivity index (χ0n) is 14.2. The lowest BCUT2D eigenvalue weighted by molar-refractivity contribution is -0.0422. The summed E-state index contributed by atoms with van der Waals surface area (Å²) in [6.45, 7) is 10.9. The van der Waals surface area contributed by atoms with E-state index in [0.29, 0.717) is 6.10 Å². The molecule has 1 unspecified atom stereocenters. The quantitative estimate of drug-likeness (QED) is 0.770. The van der Waals surface area contributed by atoms with Gasteiger partial charge in [0.05, 0.1) is 12.7 Å². The van der Waals surface area contributed by atoms with Gasteiger partial charge in [-0.1, -0.05) is 6.92 Å². The van der Waals surface area contributed by atoms with Gasteiger partial charge in [-0.2, -0.15) is 0 Å². The molecule has 8 heteroatoms. The molecule has 24 heavy (non-hydrogen) atoms. The van der Waals surface area contributed by atoms with Gasteiger partial charge in [-0.05, 0) is 18.7 Å². The highest BCUT2D eigenvalue weighted by Crippen LogP contribution is 2.14. The van der Waals surface area contributed by atoms with Crippen molar-refractivity contribution in [3.63, 3.8) is 0 Å². The van der Waals surface area contributed by atoms with E-state index in [4.69, 9.17) is 10.5 Å². The van der Waals surface area contributed by atoms with Gasteiger partial charge < -0.3 is 15.4 Å². The number of aromatic nitrogens is 2. The van der Waals surface area contributed by atoms with E-state index < -0.39 is 5.91 Å². The van der Waals surface area contributed by atoms with Gasteiger partial charge in [0, 0.05) is 45.8 Å². The lowest BCUT2D eigenvalue weighted by atomic mass is 10.2. The van der Waals surface area contributed by atoms with Crippen molar-refractivity contribution in [1.29, 1.82) is 0 Å². The van der Waals surface area contributed by atoms with Gasteiger partial charge in [0.15, 0.2) is 11.5 Å². The van der Waals surface area contributed by atoms with E-state index >= 15 is 0 Å². The highest BCUT2D eigenvalue weighted by molar-refractivity contribution is 5.90. The predicted molar refractivity (Wildman–Crippen MR) is 91.1 cm³/mol. The van der Waals surface area contributed by atoms with E-state index in [2.05, 4.69) is 31.8 Å². The maximum absolute atomic E-state index is 11.0. The molecule has 0 aromatic carbocycles. The number of likely N-dealkylation sites (N-methyl/N-ethyl adjacent to an activating group) is 1. The summed E-state index contributed by atoms with van der Waals surface area (Å²) in [6.07, 6.45) is 0.305. The van der Waals surface area contributed by atoms with Crippen LogP contribution in [0.1, 0.15) is 17.4 Å². The van der Waals surface area contributed by atoms with Gasteiger partial charge in [-0.25, -0.2) is 0 Å². The Morgan fingerprint density at radius 2 is 2.00 bits per heavy atom. The Morgan fingerprint density at radius 3 is 2.62 bits per heavy atom. The Bertz CT molecular complexity index is 544. The molecule has 0 aliphatic carbocycles. The maximum atomic E-state index is 11.0. The lowest BCUT2D eigenvalue weighted by Gasteiger charge is -2.39. The molecule has 2 N–H and O–H groups in total. The molecule has 0 bridgehead atoms. The van der Waals surface area contributed by atoms with E-state index in [9.17, 15) is 4.79 Å². The van der Waals surface area contributed by atoms with Gasteiger partial charge in [-0.15, -0.1) is 10.2 Å². The SMILES string of the molecule is CCN1CCOC(CN2CCN(c3ccc(C(N)=O)nn3)CC2)C1. The van der Waals surface area contributed by atoms with Crippen molar-refractivity contribution >= 4 is 11.7 Å². The van der Waals surface area contributed by atoms with Crippen molar-refractivity contribution in [3.05, 3.63) is 17.8 Å². The number of hydrogen-bond donors (Lipinski definition) is 1. The minimum atomic E-state index is -0.549. The van der Waals surface area contributed by atoms with E-state index in [1.54, 1.807) is 6.07 Å². The van der Waals surface area contributed by atoms with E-state index in [1.165, 1.54) is 0 Å². The number of carbonyl (C=O) groups excluding carboxylic acids is 1. The van der Waals surface area contributed by atoms with Crippen molar-refractivity contribution in [3.8, 4) is 0 Å². The minimum Gasteiger partial charge on any atom is -0.374 e. The van der Waals surface area contributed by atoms with Crippen LogP contribution in [-0.4, -0.2) is 91.0 Å². The highest BCUT2D eigenvalue weighted by atomic mass is 16.5. The second-order valence-electron chi connectivity index (χ2n) is 6.31. The van der Waals surface area contributed by atoms with E-state index in [1.807, 2.05) is 6.07 Å². The first-order chi connectivity index (χ1) is 11.7. The first kappa shape index (κ1) is 17.1. The number of nitrogens with zero attached hydrogens (tertiary/aromatic N) is 5. The number of nitrogens with two attached hydrogens (primary N) is 1. The third-order valence-corrected chi connectivity index (χ3v) is 4.73. The Morgan fingerprint density at radius 1 is 1.21 bits per heavy atom. The first-order valence-electron chi connectivity index (χ1n) is 8.60. The summed E-state index contributed by atoms with van der Waals surface area (Å²) in [6, 6.07) is 3.44. The van der Waals surface area contributed by atoms with Gasteiger partial charge >= 0.3 is 0 Å². The Labute approximate surface area is 142 Å². The molecule has 2 aliphatic rings. The van der Waals surface area contributed by atoms with Crippen LogP contribution >= 0.6 is 0 Å². The molecule has 3 heterocycles. The fourth-order valence-electron chi connectivity index (χ4n) is 3.25. The third kappa shape index (κ3) is 4.19. The number of anilines is 1. The van der Waals surface area contributed by atoms with E-state index in [0.717, 1.165) is 64.8 Å². The summed E-state index contributed by atoms with van der Waals surface area (Å²) in [4.78, 5) is 18.1. The average Bonchev–Trinajstić information content (AvgIpc) is 2.62. The molecule has 2 fully saturated rings. The number of ether oxygens (including phenoxy) is 1. The van der Waals surface area contributed by atoms with Crippen LogP contribution in [0.4, 0.5) is 5.82 Å². The first-order valence-corrected chi connectivity index (χ1v) is 8.60. The fraction of sp³-hybridized carbons (Fsp3) is 0.688. The Hall–Kier alpha value is -1.77. The monoisotopic (exact) mass is 334 g/mol. The summed E-state index contributed by atoms with van der Waals surface area (Å²) in [5.41, 5.74) is 5.39. The number of primary amides is 1. The standard InChI is InChI=1S/C16H26N6O2/c1-2-20-9-10-24-13(11-20)12-21-5-7-22(8-6-21)15-4-3-14(16(17)23)18-19-15/h3-4,13H,2,5-12H2,1H3,(H2,17,23). The van der Waals surface area contributed by atoms with Crippen molar-refractivity contribution in [2.75, 3.05) is 63.9 Å². The fourth-order valence-corrected chi connectivity index (χ4v) is 3.25. The predicted octanol–water partition coefficient (Wildman–Crippen LogP) is -0.582. The average molecular weight is 334 g/mol. The number of rotatable bonds is 5. The molecule has 2 aliphatic heterocycles. The number of morpholine rings is 1. The van der Waals surface area contributed by atoms with Crippen molar-refractivity contribution < 1.29 is 9.53 Å². The summed E-state index contributed by atoms with van der Waals surface area (Å²) < 4.78 is 5.90. The van der Waals surface area contributed by atoms with Crippen molar-refractivity contribution in [2.24, 2.45) is 5.73 Å². The molecular formula is C16H26N6O2. The number of amides is 1. The van der Waals surface area contributed by atoms with Crippen LogP contribution in [0.15, 0.2) is 12.1 Å². The van der Waals surface area contributed by atoms with Crippen LogP contribution in [-0.2, 0) is 4.74 Å². The third-order valence-electron chi connectivity index (χ3n) is 4.73. The van der Waals surface area contributed by atoms with Crippen LogP contribution < -0.4 is 10.6 Å². The molecule has 3 rings (SSSR count). The normalized spacial score (nSPS) is 23.4. The van der Waals surface area contributed by atoms with Crippen molar-refractivity contribution in [1.82, 2.24) is 20.0 Å². The van der Waals surface area contributed by atoms with Crippen LogP contribution in [0.25, 0.3) is 0 Å². The summed E-state index contributed by atoms with van der Waals surface area (Å²) in [5.74, 6) is 0.248. The summed E-state index contributed by atoms with van der Waals surface area (Å²) in [7, 11) is 0. The van der Waals surface area contributed by atoms with Crippen molar-refractivity contribution in [2.45, 2.75) is 13.0 Å². The Kier molecular flexibility index (Phi) is 5.60. The van der Waals surface area contributed by atoms with Crippen LogP contribution in [0, 0.1) is 0 Å². The van der Waals surface area contributed by atoms with Gasteiger partial charge in [0.25, 0.3) is 5.91 Å². The smallest absolute Gasteiger partial charge is 0.269 e. The second-order valence-corrected chi connectivity index (χ2v) is 6.31. The zero-order valence-corrected chi connectivity index (χ0v) is 14.2. The molecule has 0 saturated carbocycles. The molecule has 1 aromatic rings. The van der Waals surface area contributed by atoms with Gasteiger partial charge in [0.2, 0.25) is 0 Å². The summed E-state index contributed by atoms with van der Waals surface area (Å²) >= 11 is 0. The molecule has 8 nitrogen and oxygen atoms in total. The molecule has 1 atom stereocenters. The highest BCUT2D eigenvalue weighted by Gasteiger charge is 2.25. The molecule has 2 saturated heterocycles.